The number of nitrogens with two attached hydrogens (primary N) is 1. The monoisotopic (exact) mass is 398 g/mol. The van der Waals surface area contributed by atoms with Crippen LogP contribution < -0.4 is 5.73 Å². The highest BCUT2D eigenvalue weighted by atomic mass is 35.5. The number of anilines is 1. The van der Waals surface area contributed by atoms with Gasteiger partial charge in [-0.15, -0.1) is 12.4 Å². The minimum Gasteiger partial charge on any atom is -0.399 e. The quantitative estimate of drug-likeness (QED) is 0.710. The number of hydrogen-bond acceptors (Lipinski definition) is 2. The Morgan fingerprint density at radius 3 is 2.64 bits per heavy atom. The zero-order valence-corrected chi connectivity index (χ0v) is 16.1. The number of amides is 1. The number of halogens is 3. The van der Waals surface area contributed by atoms with E-state index in [-0.39, 0.29) is 24.4 Å². The Balaban J connectivity index is 0.00000225. The predicted molar refractivity (Wildman–Crippen MR) is 107 cm³/mol. The molecular formula is C19H21Cl3N2O. The Bertz CT molecular complexity index is 751. The van der Waals surface area contributed by atoms with E-state index in [1.54, 1.807) is 6.07 Å². The molecule has 1 unspecified atom stereocenters. The highest BCUT2D eigenvalue weighted by Gasteiger charge is 2.29. The molecule has 0 spiro atoms. The van der Waals surface area contributed by atoms with Gasteiger partial charge in [0.25, 0.3) is 0 Å². The smallest absolute Gasteiger partial charge is 0.223 e. The third-order valence-corrected chi connectivity index (χ3v) is 5.30. The molecule has 25 heavy (non-hydrogen) atoms. The number of nitrogens with zero attached hydrogens (tertiary/aromatic N) is 1. The van der Waals surface area contributed by atoms with Crippen LogP contribution in [0.4, 0.5) is 5.69 Å². The fourth-order valence-corrected chi connectivity index (χ4v) is 3.59. The molecule has 2 aromatic rings. The molecule has 134 valence electrons. The van der Waals surface area contributed by atoms with Gasteiger partial charge in [0.1, 0.15) is 0 Å². The predicted octanol–water partition coefficient (Wildman–Crippen LogP) is 5.29. The number of nitrogen functional groups attached to an aromatic ring is 1. The van der Waals surface area contributed by atoms with Gasteiger partial charge in [0.2, 0.25) is 5.91 Å². The van der Waals surface area contributed by atoms with Gasteiger partial charge in [0.05, 0.1) is 16.1 Å². The molecule has 0 aromatic heterocycles. The van der Waals surface area contributed by atoms with Crippen molar-refractivity contribution in [2.45, 2.75) is 31.7 Å². The van der Waals surface area contributed by atoms with Crippen molar-refractivity contribution in [3.63, 3.8) is 0 Å². The first-order chi connectivity index (χ1) is 11.6. The van der Waals surface area contributed by atoms with Crippen LogP contribution in [-0.2, 0) is 11.2 Å². The van der Waals surface area contributed by atoms with Gasteiger partial charge >= 0.3 is 0 Å². The SMILES string of the molecule is Cl.Nc1ccccc1CCC(=O)N1CCCC1c1ccc(Cl)c(Cl)c1. The topological polar surface area (TPSA) is 46.3 Å². The Morgan fingerprint density at radius 2 is 1.92 bits per heavy atom. The lowest BCUT2D eigenvalue weighted by molar-refractivity contribution is -0.132. The lowest BCUT2D eigenvalue weighted by Gasteiger charge is -2.25. The zero-order valence-electron chi connectivity index (χ0n) is 13.8. The Hall–Kier alpha value is -1.42. The molecule has 1 aliphatic heterocycles. The number of likely N-dealkylation sites (tertiary alicyclic amines) is 1. The van der Waals surface area contributed by atoms with Gasteiger partial charge in [-0.25, -0.2) is 0 Å². The van der Waals surface area contributed by atoms with Crippen molar-refractivity contribution in [3.05, 3.63) is 63.6 Å². The van der Waals surface area contributed by atoms with Crippen molar-refractivity contribution in [2.75, 3.05) is 12.3 Å². The van der Waals surface area contributed by atoms with Crippen molar-refractivity contribution in [2.24, 2.45) is 0 Å². The summed E-state index contributed by atoms with van der Waals surface area (Å²) >= 11 is 12.1. The van der Waals surface area contributed by atoms with E-state index in [0.29, 0.717) is 22.9 Å². The molecule has 1 aliphatic rings. The van der Waals surface area contributed by atoms with E-state index >= 15 is 0 Å². The summed E-state index contributed by atoms with van der Waals surface area (Å²) in [6.45, 7) is 0.786. The van der Waals surface area contributed by atoms with Crippen LogP contribution in [0.25, 0.3) is 0 Å². The number of carbonyl (C=O) groups excluding carboxylic acids is 1. The molecule has 6 heteroatoms. The summed E-state index contributed by atoms with van der Waals surface area (Å²) in [5.74, 6) is 0.159. The van der Waals surface area contributed by atoms with Crippen LogP contribution in [0.2, 0.25) is 10.0 Å². The molecule has 0 bridgehead atoms. The Morgan fingerprint density at radius 1 is 1.16 bits per heavy atom. The lowest BCUT2D eigenvalue weighted by atomic mass is 10.0. The summed E-state index contributed by atoms with van der Waals surface area (Å²) < 4.78 is 0. The van der Waals surface area contributed by atoms with Gasteiger partial charge in [-0.1, -0.05) is 47.5 Å². The molecule has 2 aromatic carbocycles. The van der Waals surface area contributed by atoms with Crippen molar-refractivity contribution >= 4 is 47.2 Å². The number of para-hydroxylation sites is 1. The Kier molecular flexibility index (Phi) is 7.00. The molecule has 1 amide bonds. The first-order valence-electron chi connectivity index (χ1n) is 8.14. The number of hydrogen-bond donors (Lipinski definition) is 1. The zero-order chi connectivity index (χ0) is 17.1. The fourth-order valence-electron chi connectivity index (χ4n) is 3.28. The second-order valence-corrected chi connectivity index (χ2v) is 6.93. The first-order valence-corrected chi connectivity index (χ1v) is 8.89. The van der Waals surface area contributed by atoms with Gasteiger partial charge in [0, 0.05) is 18.7 Å². The molecule has 1 atom stereocenters. The number of rotatable bonds is 4. The van der Waals surface area contributed by atoms with E-state index in [0.717, 1.165) is 36.2 Å². The van der Waals surface area contributed by atoms with Crippen LogP contribution in [0.5, 0.6) is 0 Å². The van der Waals surface area contributed by atoms with E-state index < -0.39 is 0 Å². The third-order valence-electron chi connectivity index (χ3n) is 4.56. The molecule has 3 rings (SSSR count). The summed E-state index contributed by atoms with van der Waals surface area (Å²) in [4.78, 5) is 14.6. The van der Waals surface area contributed by atoms with Crippen LogP contribution in [-0.4, -0.2) is 17.4 Å². The number of benzene rings is 2. The van der Waals surface area contributed by atoms with Crippen molar-refractivity contribution in [1.29, 1.82) is 0 Å². The number of aryl methyl sites for hydroxylation is 1. The van der Waals surface area contributed by atoms with E-state index in [9.17, 15) is 4.79 Å². The van der Waals surface area contributed by atoms with Crippen LogP contribution >= 0.6 is 35.6 Å². The molecule has 2 N–H and O–H groups in total. The van der Waals surface area contributed by atoms with Gasteiger partial charge in [-0.05, 0) is 48.6 Å². The van der Waals surface area contributed by atoms with Gasteiger partial charge < -0.3 is 10.6 Å². The maximum atomic E-state index is 12.7. The Labute approximate surface area is 164 Å². The van der Waals surface area contributed by atoms with Crippen molar-refractivity contribution in [3.8, 4) is 0 Å². The van der Waals surface area contributed by atoms with Crippen LogP contribution in [0.3, 0.4) is 0 Å². The minimum absolute atomic E-state index is 0. The molecule has 3 nitrogen and oxygen atoms in total. The highest BCUT2D eigenvalue weighted by molar-refractivity contribution is 6.42. The average molecular weight is 400 g/mol. The second-order valence-electron chi connectivity index (χ2n) is 6.12. The van der Waals surface area contributed by atoms with Crippen LogP contribution in [0.15, 0.2) is 42.5 Å². The minimum atomic E-state index is 0. The summed E-state index contributed by atoms with van der Waals surface area (Å²) in [5, 5.41) is 1.07. The van der Waals surface area contributed by atoms with E-state index in [1.807, 2.05) is 41.3 Å². The third kappa shape index (κ3) is 4.60. The summed E-state index contributed by atoms with van der Waals surface area (Å²) in [6, 6.07) is 13.4. The van der Waals surface area contributed by atoms with Gasteiger partial charge in [-0.2, -0.15) is 0 Å². The summed E-state index contributed by atoms with van der Waals surface area (Å²) in [7, 11) is 0. The maximum Gasteiger partial charge on any atom is 0.223 e. The lowest BCUT2D eigenvalue weighted by Crippen LogP contribution is -2.30. The molecule has 0 saturated carbocycles. The van der Waals surface area contributed by atoms with Gasteiger partial charge in [-0.3, -0.25) is 4.79 Å². The first kappa shape index (κ1) is 19.9. The second kappa shape index (κ2) is 8.79. The van der Waals surface area contributed by atoms with Crippen LogP contribution in [0, 0.1) is 0 Å². The largest absolute Gasteiger partial charge is 0.399 e. The van der Waals surface area contributed by atoms with E-state index in [2.05, 4.69) is 0 Å². The average Bonchev–Trinajstić information content (AvgIpc) is 3.06. The van der Waals surface area contributed by atoms with Crippen LogP contribution in [0.1, 0.15) is 36.4 Å². The maximum absolute atomic E-state index is 12.7. The fraction of sp³-hybridized carbons (Fsp3) is 0.316. The standard InChI is InChI=1S/C19H20Cl2N2O.ClH/c20-15-9-7-14(12-16(15)21)18-6-3-11-23(18)19(24)10-8-13-4-1-2-5-17(13)22;/h1-2,4-5,7,9,12,18H,3,6,8,10-11,22H2;1H. The van der Waals surface area contributed by atoms with E-state index in [1.165, 1.54) is 0 Å². The molecule has 0 radical (unpaired) electrons. The molecule has 0 aliphatic carbocycles. The van der Waals surface area contributed by atoms with E-state index in [4.69, 9.17) is 28.9 Å². The molecule has 1 heterocycles. The molecule has 1 saturated heterocycles. The molecule has 1 fully saturated rings. The highest BCUT2D eigenvalue weighted by Crippen LogP contribution is 2.35. The van der Waals surface area contributed by atoms with Crippen molar-refractivity contribution < 1.29 is 4.79 Å². The summed E-state index contributed by atoms with van der Waals surface area (Å²) in [5.41, 5.74) is 8.78. The molecular weight excluding hydrogens is 379 g/mol. The summed E-state index contributed by atoms with van der Waals surface area (Å²) in [6.07, 6.45) is 3.09. The number of carbonyl (C=O) groups is 1. The normalized spacial score (nSPS) is 16.6. The van der Waals surface area contributed by atoms with Gasteiger partial charge in [0.15, 0.2) is 0 Å². The van der Waals surface area contributed by atoms with Crippen molar-refractivity contribution in [1.82, 2.24) is 4.90 Å².